The summed E-state index contributed by atoms with van der Waals surface area (Å²) in [5, 5.41) is 10.7. The predicted molar refractivity (Wildman–Crippen MR) is 120 cm³/mol. The van der Waals surface area contributed by atoms with E-state index in [1.54, 1.807) is 0 Å². The van der Waals surface area contributed by atoms with Crippen molar-refractivity contribution in [1.29, 1.82) is 0 Å². The predicted octanol–water partition coefficient (Wildman–Crippen LogP) is 4.94. The summed E-state index contributed by atoms with van der Waals surface area (Å²) >= 11 is 0. The number of rotatable bonds is 6. The molecule has 2 heterocycles. The number of ether oxygens (including phenoxy) is 1. The summed E-state index contributed by atoms with van der Waals surface area (Å²) in [4.78, 5) is 30.4. The highest BCUT2D eigenvalue weighted by atomic mass is 16.5. The van der Waals surface area contributed by atoms with Crippen LogP contribution in [-0.2, 0) is 9.59 Å². The number of aromatic nitrogens is 1. The molecule has 1 amide bonds. The van der Waals surface area contributed by atoms with Crippen LogP contribution in [-0.4, -0.2) is 45.6 Å². The zero-order valence-corrected chi connectivity index (χ0v) is 18.8. The first-order chi connectivity index (χ1) is 14.9. The Balaban J connectivity index is 1.53. The summed E-state index contributed by atoms with van der Waals surface area (Å²) in [5.41, 5.74) is 2.11. The first-order valence-electron chi connectivity index (χ1n) is 11.7. The normalized spacial score (nSPS) is 24.8. The SMILES string of the molecule is CC(C)Oc1cccc2[nH]cc(C(C)CC(=O)N3CCCC4C(C(=O)O)CCCC43)c12. The number of hydrogen-bond acceptors (Lipinski definition) is 3. The Kier molecular flexibility index (Phi) is 6.26. The van der Waals surface area contributed by atoms with Gasteiger partial charge >= 0.3 is 5.97 Å². The van der Waals surface area contributed by atoms with Gasteiger partial charge in [0.2, 0.25) is 5.91 Å². The highest BCUT2D eigenvalue weighted by Gasteiger charge is 2.43. The fourth-order valence-electron chi connectivity index (χ4n) is 5.71. The van der Waals surface area contributed by atoms with Crippen molar-refractivity contribution in [2.75, 3.05) is 6.54 Å². The molecule has 1 saturated carbocycles. The lowest BCUT2D eigenvalue weighted by atomic mass is 9.71. The number of carbonyl (C=O) groups is 2. The molecule has 168 valence electrons. The summed E-state index contributed by atoms with van der Waals surface area (Å²) in [6.45, 7) is 6.86. The maximum atomic E-state index is 13.4. The number of aliphatic carboxylic acids is 1. The van der Waals surface area contributed by atoms with Crippen LogP contribution in [0.1, 0.15) is 70.8 Å². The van der Waals surface area contributed by atoms with Crippen LogP contribution in [0.25, 0.3) is 10.9 Å². The number of aromatic amines is 1. The van der Waals surface area contributed by atoms with E-state index in [9.17, 15) is 14.7 Å². The maximum absolute atomic E-state index is 13.4. The van der Waals surface area contributed by atoms with Crippen molar-refractivity contribution < 1.29 is 19.4 Å². The van der Waals surface area contributed by atoms with Crippen molar-refractivity contribution in [3.8, 4) is 5.75 Å². The summed E-state index contributed by atoms with van der Waals surface area (Å²) in [6, 6.07) is 6.07. The fourth-order valence-corrected chi connectivity index (χ4v) is 5.71. The second-order valence-electron chi connectivity index (χ2n) is 9.53. The topological polar surface area (TPSA) is 82.6 Å². The van der Waals surface area contributed by atoms with Crippen molar-refractivity contribution in [2.24, 2.45) is 11.8 Å². The molecule has 0 radical (unpaired) electrons. The highest BCUT2D eigenvalue weighted by molar-refractivity contribution is 5.90. The van der Waals surface area contributed by atoms with Crippen molar-refractivity contribution in [1.82, 2.24) is 9.88 Å². The number of likely N-dealkylation sites (tertiary alicyclic amines) is 1. The molecule has 0 bridgehead atoms. The van der Waals surface area contributed by atoms with Gasteiger partial charge in [-0.3, -0.25) is 9.59 Å². The molecule has 0 spiro atoms. The Morgan fingerprint density at radius 3 is 2.74 bits per heavy atom. The van der Waals surface area contributed by atoms with Gasteiger partial charge in [-0.15, -0.1) is 0 Å². The van der Waals surface area contributed by atoms with Gasteiger partial charge in [0.15, 0.2) is 0 Å². The molecule has 2 aromatic rings. The minimum atomic E-state index is -0.700. The average molecular weight is 427 g/mol. The Bertz CT molecular complexity index is 950. The number of carboxylic acids is 1. The monoisotopic (exact) mass is 426 g/mol. The zero-order valence-electron chi connectivity index (χ0n) is 18.8. The molecule has 4 atom stereocenters. The van der Waals surface area contributed by atoms with Crippen LogP contribution in [0.5, 0.6) is 5.75 Å². The van der Waals surface area contributed by atoms with E-state index in [1.807, 2.05) is 43.1 Å². The summed E-state index contributed by atoms with van der Waals surface area (Å²) in [6.07, 6.45) is 6.85. The van der Waals surface area contributed by atoms with E-state index >= 15 is 0 Å². The minimum absolute atomic E-state index is 0.0393. The molecule has 31 heavy (non-hydrogen) atoms. The van der Waals surface area contributed by atoms with Crippen LogP contribution in [0.4, 0.5) is 0 Å². The third-order valence-corrected chi connectivity index (χ3v) is 7.07. The van der Waals surface area contributed by atoms with Gasteiger partial charge < -0.3 is 19.7 Å². The number of nitrogens with zero attached hydrogens (tertiary/aromatic N) is 1. The summed E-state index contributed by atoms with van der Waals surface area (Å²) in [5.74, 6) is 0.114. The molecule has 1 aromatic heterocycles. The molecular formula is C25H34N2O4. The third kappa shape index (κ3) is 4.30. The van der Waals surface area contributed by atoms with Crippen molar-refractivity contribution in [2.45, 2.75) is 77.4 Å². The van der Waals surface area contributed by atoms with E-state index in [4.69, 9.17) is 4.74 Å². The molecule has 2 N–H and O–H groups in total. The van der Waals surface area contributed by atoms with Crippen LogP contribution in [0.2, 0.25) is 0 Å². The maximum Gasteiger partial charge on any atom is 0.306 e. The number of carbonyl (C=O) groups excluding carboxylic acids is 1. The largest absolute Gasteiger partial charge is 0.490 e. The lowest BCUT2D eigenvalue weighted by Crippen LogP contribution is -2.53. The van der Waals surface area contributed by atoms with E-state index in [2.05, 4.69) is 11.9 Å². The Morgan fingerprint density at radius 1 is 1.19 bits per heavy atom. The van der Waals surface area contributed by atoms with Crippen LogP contribution in [0, 0.1) is 11.8 Å². The van der Waals surface area contributed by atoms with Crippen molar-refractivity contribution in [3.05, 3.63) is 30.0 Å². The number of carboxylic acid groups (broad SMARTS) is 1. The van der Waals surface area contributed by atoms with Gasteiger partial charge in [-0.25, -0.2) is 0 Å². The molecule has 6 heteroatoms. The van der Waals surface area contributed by atoms with Crippen LogP contribution in [0.3, 0.4) is 0 Å². The van der Waals surface area contributed by atoms with E-state index in [0.717, 1.165) is 60.9 Å². The summed E-state index contributed by atoms with van der Waals surface area (Å²) in [7, 11) is 0. The molecule has 1 aliphatic heterocycles. The number of amides is 1. The molecule has 4 unspecified atom stereocenters. The molecule has 2 fully saturated rings. The van der Waals surface area contributed by atoms with Gasteiger partial charge in [-0.05, 0) is 69.1 Å². The number of benzene rings is 1. The Morgan fingerprint density at radius 2 is 2.00 bits per heavy atom. The number of fused-ring (bicyclic) bond motifs is 2. The average Bonchev–Trinajstić information content (AvgIpc) is 3.17. The van der Waals surface area contributed by atoms with Crippen molar-refractivity contribution >= 4 is 22.8 Å². The molecular weight excluding hydrogens is 392 g/mol. The lowest BCUT2D eigenvalue weighted by Gasteiger charge is -2.46. The van der Waals surface area contributed by atoms with Crippen LogP contribution in [0.15, 0.2) is 24.4 Å². The Labute approximate surface area is 184 Å². The molecule has 1 saturated heterocycles. The minimum Gasteiger partial charge on any atom is -0.490 e. The van der Waals surface area contributed by atoms with E-state index < -0.39 is 5.97 Å². The van der Waals surface area contributed by atoms with Crippen LogP contribution >= 0.6 is 0 Å². The number of piperidine rings is 1. The molecule has 2 aliphatic rings. The van der Waals surface area contributed by atoms with Crippen molar-refractivity contribution in [3.63, 3.8) is 0 Å². The van der Waals surface area contributed by atoms with Gasteiger partial charge in [-0.2, -0.15) is 0 Å². The number of hydrogen-bond donors (Lipinski definition) is 2. The first-order valence-corrected chi connectivity index (χ1v) is 11.7. The second kappa shape index (κ2) is 8.93. The molecule has 4 rings (SSSR count). The molecule has 1 aliphatic carbocycles. The van der Waals surface area contributed by atoms with E-state index in [0.29, 0.717) is 6.42 Å². The Hall–Kier alpha value is -2.50. The smallest absolute Gasteiger partial charge is 0.306 e. The second-order valence-corrected chi connectivity index (χ2v) is 9.53. The standard InChI is InChI=1S/C25H34N2O4/c1-15(2)31-22-11-5-9-20-24(22)19(14-26-20)16(3)13-23(28)27-12-6-8-17-18(25(29)30)7-4-10-21(17)27/h5,9,11,14-18,21,26H,4,6-8,10,12-13H2,1-3H3,(H,29,30). The number of H-pyrrole nitrogens is 1. The zero-order chi connectivity index (χ0) is 22.1. The first kappa shape index (κ1) is 21.7. The summed E-state index contributed by atoms with van der Waals surface area (Å²) < 4.78 is 6.03. The van der Waals surface area contributed by atoms with Gasteiger partial charge in [0.25, 0.3) is 0 Å². The lowest BCUT2D eigenvalue weighted by molar-refractivity contribution is -0.152. The van der Waals surface area contributed by atoms with E-state index in [1.165, 1.54) is 0 Å². The van der Waals surface area contributed by atoms with Gasteiger partial charge in [0.1, 0.15) is 5.75 Å². The van der Waals surface area contributed by atoms with Gasteiger partial charge in [0, 0.05) is 36.1 Å². The van der Waals surface area contributed by atoms with Gasteiger partial charge in [-0.1, -0.05) is 19.4 Å². The van der Waals surface area contributed by atoms with Crippen LogP contribution < -0.4 is 4.74 Å². The highest BCUT2D eigenvalue weighted by Crippen LogP contribution is 2.41. The third-order valence-electron chi connectivity index (χ3n) is 7.07. The molecule has 1 aromatic carbocycles. The quantitative estimate of drug-likeness (QED) is 0.685. The van der Waals surface area contributed by atoms with Gasteiger partial charge in [0.05, 0.1) is 12.0 Å². The number of nitrogens with one attached hydrogen (secondary N) is 1. The fraction of sp³-hybridized carbons (Fsp3) is 0.600. The van der Waals surface area contributed by atoms with E-state index in [-0.39, 0.29) is 35.8 Å². The molecule has 6 nitrogen and oxygen atoms in total.